The maximum absolute atomic E-state index is 16.9. The van der Waals surface area contributed by atoms with Crippen LogP contribution in [0.3, 0.4) is 0 Å². The van der Waals surface area contributed by atoms with Gasteiger partial charge in [0, 0.05) is 11.7 Å². The van der Waals surface area contributed by atoms with Crippen LogP contribution in [0.2, 0.25) is 0 Å². The number of ether oxygens (including phenoxy) is 16. The van der Waals surface area contributed by atoms with Crippen molar-refractivity contribution in [1.82, 2.24) is 0 Å². The third-order valence-electron chi connectivity index (χ3n) is 21.8. The predicted octanol–water partition coefficient (Wildman–Crippen LogP) is 12.9. The smallest absolute Gasteiger partial charge is 0.387 e. The van der Waals surface area contributed by atoms with Crippen molar-refractivity contribution >= 4 is 8.17 Å². The number of quaternary nitrogens is 1. The van der Waals surface area contributed by atoms with Crippen LogP contribution in [0.5, 0.6) is 0 Å². The Morgan fingerprint density at radius 1 is 0.292 bits per heavy atom. The second-order valence-electron chi connectivity index (χ2n) is 30.1. The number of hydrogen-bond acceptors (Lipinski definition) is 23. The number of benzene rings is 9. The molecule has 26 heteroatoms. The van der Waals surface area contributed by atoms with Gasteiger partial charge in [-0.05, 0) is 70.8 Å². The first-order chi connectivity index (χ1) is 58.8. The zero-order valence-electron chi connectivity index (χ0n) is 68.2. The van der Waals surface area contributed by atoms with Crippen molar-refractivity contribution in [2.24, 2.45) is 0 Å². The van der Waals surface area contributed by atoms with Crippen LogP contribution in [0.4, 0.5) is 0 Å². The maximum Gasteiger partial charge on any atom is 0.668 e. The van der Waals surface area contributed by atoms with E-state index in [4.69, 9.17) is 89.5 Å². The highest BCUT2D eigenvalue weighted by Crippen LogP contribution is 2.63. The van der Waals surface area contributed by atoms with Crippen LogP contribution >= 0.6 is 8.17 Å². The van der Waals surface area contributed by atoms with Gasteiger partial charge in [0.2, 0.25) is 6.29 Å². The van der Waals surface area contributed by atoms with E-state index in [1.807, 2.05) is 294 Å². The fourth-order valence-electron chi connectivity index (χ4n) is 15.0. The summed E-state index contributed by atoms with van der Waals surface area (Å²) >= 11 is 0. The number of methoxy groups -OCH3 is 1. The zero-order valence-corrected chi connectivity index (χ0v) is 69.1. The van der Waals surface area contributed by atoms with Gasteiger partial charge < -0.3 is 96.2 Å². The molecule has 4 aliphatic heterocycles. The summed E-state index contributed by atoms with van der Waals surface area (Å²) in [6.45, 7) is 5.47. The molecule has 4 heterocycles. The first-order valence-corrected chi connectivity index (χ1v) is 42.7. The summed E-state index contributed by atoms with van der Waals surface area (Å²) in [6, 6.07) is 86.6. The molecule has 21 atom stereocenters. The SMILES string of the molecule is CC[N+](CC)(CC)O[P+]([O])(OC[C@H]1O[C@H](OC)[C@@H](O)[C@@H](O)[C@@H]1O)OC1O[C@H](COCc2ccccc2)[C@@H](OCc2ccccc2)[C@H](OCc2ccccc2)[C@@H]1O[C@@H]1O[C@H](COCc2ccccc2)[C@@H](OCc2ccccc2)[C@H](OCc2ccccc2)[C@@H]1O[C@@H]1O[C@H](COCc2ccccc2)[C@@H](OCc2ccccc2)[C@H](OCc2ccccc2)[C@@H]1O. The molecule has 0 amide bonds. The van der Waals surface area contributed by atoms with Crippen molar-refractivity contribution in [3.8, 4) is 0 Å². The lowest BCUT2D eigenvalue weighted by molar-refractivity contribution is -1.08. The van der Waals surface area contributed by atoms with Gasteiger partial charge in [0.05, 0.1) is 84.2 Å². The molecule has 25 nitrogen and oxygen atoms in total. The van der Waals surface area contributed by atoms with Gasteiger partial charge in [-0.2, -0.15) is 0 Å². The Morgan fingerprint density at radius 3 is 0.900 bits per heavy atom. The second-order valence-corrected chi connectivity index (χ2v) is 31.6. The quantitative estimate of drug-likeness (QED) is 0.0157. The van der Waals surface area contributed by atoms with E-state index in [1.54, 1.807) is 0 Å². The van der Waals surface area contributed by atoms with Crippen LogP contribution in [0.15, 0.2) is 273 Å². The molecule has 4 saturated heterocycles. The fourth-order valence-corrected chi connectivity index (χ4v) is 16.7. The van der Waals surface area contributed by atoms with E-state index in [0.29, 0.717) is 0 Å². The van der Waals surface area contributed by atoms with E-state index in [9.17, 15) is 20.4 Å². The molecule has 2 unspecified atom stereocenters. The third-order valence-corrected chi connectivity index (χ3v) is 23.3. The number of hydrogen-bond donors (Lipinski definition) is 4. The largest absolute Gasteiger partial charge is 0.668 e. The van der Waals surface area contributed by atoms with E-state index < -0.39 is 138 Å². The number of rotatable bonds is 45. The van der Waals surface area contributed by atoms with Gasteiger partial charge in [0.1, 0.15) is 124 Å². The minimum atomic E-state index is -5.28. The zero-order chi connectivity index (χ0) is 83.3. The predicted molar refractivity (Wildman–Crippen MR) is 441 cm³/mol. The van der Waals surface area contributed by atoms with E-state index in [0.717, 1.165) is 50.1 Å². The molecule has 4 N–H and O–H groups in total. The fraction of sp³-hybridized carbons (Fsp3) is 0.426. The van der Waals surface area contributed by atoms with E-state index >= 15 is 4.89 Å². The first kappa shape index (κ1) is 90.1. The molecule has 1 radical (unpaired) electrons. The van der Waals surface area contributed by atoms with Crippen LogP contribution in [-0.2, 0) is 154 Å². The van der Waals surface area contributed by atoms with Crippen molar-refractivity contribution in [3.63, 3.8) is 0 Å². The van der Waals surface area contributed by atoms with Crippen molar-refractivity contribution in [1.29, 1.82) is 0 Å². The van der Waals surface area contributed by atoms with Crippen molar-refractivity contribution in [3.05, 3.63) is 323 Å². The molecule has 120 heavy (non-hydrogen) atoms. The molecule has 9 aromatic carbocycles. The van der Waals surface area contributed by atoms with Crippen LogP contribution in [0, 0.1) is 0 Å². The van der Waals surface area contributed by atoms with E-state index in [-0.39, 0.29) is 104 Å². The molecule has 0 aromatic heterocycles. The van der Waals surface area contributed by atoms with Gasteiger partial charge in [-0.1, -0.05) is 273 Å². The Balaban J connectivity index is 0.987. The summed E-state index contributed by atoms with van der Waals surface area (Å²) in [5.74, 6) is 0. The highest BCUT2D eigenvalue weighted by molar-refractivity contribution is 7.55. The monoisotopic (exact) mass is 1670 g/mol. The summed E-state index contributed by atoms with van der Waals surface area (Å²) in [4.78, 5) is 16.9. The number of aliphatic hydroxyl groups excluding tert-OH is 4. The summed E-state index contributed by atoms with van der Waals surface area (Å²) in [5, 5.41) is 47.6. The Labute approximate surface area is 703 Å². The summed E-state index contributed by atoms with van der Waals surface area (Å²) < 4.78 is 133. The molecule has 9 aromatic rings. The first-order valence-electron chi connectivity index (χ1n) is 41.2. The number of aliphatic hydroxyl groups is 4. The lowest BCUT2D eigenvalue weighted by Gasteiger charge is -2.51. The van der Waals surface area contributed by atoms with Crippen LogP contribution in [0.25, 0.3) is 0 Å². The lowest BCUT2D eigenvalue weighted by atomic mass is 9.95. The molecule has 0 bridgehead atoms. The average molecular weight is 1670 g/mol. The maximum atomic E-state index is 16.9. The Morgan fingerprint density at radius 2 is 0.567 bits per heavy atom. The normalized spacial score (nSPS) is 27.7. The molecule has 641 valence electrons. The Bertz CT molecular complexity index is 4300. The average Bonchev–Trinajstić information content (AvgIpc) is 0.755. The van der Waals surface area contributed by atoms with E-state index in [1.165, 1.54) is 7.11 Å². The summed E-state index contributed by atoms with van der Waals surface area (Å²) in [5.41, 5.74) is 7.37. The molecule has 0 aliphatic carbocycles. The molecule has 4 aliphatic rings. The highest BCUT2D eigenvalue weighted by Gasteiger charge is 2.66. The minimum Gasteiger partial charge on any atom is -0.387 e. The molecule has 0 saturated carbocycles. The Kier molecular flexibility index (Phi) is 34.7. The second kappa shape index (κ2) is 46.2. The van der Waals surface area contributed by atoms with Gasteiger partial charge >= 0.3 is 8.17 Å². The van der Waals surface area contributed by atoms with Crippen molar-refractivity contribution < 1.29 is 119 Å². The lowest BCUT2D eigenvalue weighted by Crippen LogP contribution is -2.68. The number of hydroxylamine groups is 3. The van der Waals surface area contributed by atoms with Gasteiger partial charge in [-0.3, -0.25) is 0 Å². The third kappa shape index (κ3) is 25.3. The standard InChI is InChI=1S/C94H113NO24P/c1-5-95(6-2,7-3)119-120(100,111-65-75-79(96)80(97)81(98)91(101-4)112-75)118-94-90(88(110-61-74-51-33-16-34-52-74)85(107-58-71-45-27-13-28-46-71)78(115-94)64-104-55-68-39-21-10-22-40-68)117-93-89(87(109-60-73-49-31-15-32-50-73)84(106-57-70-43-25-12-26-44-70)77(114-93)63-103-54-67-37-19-9-20-38-67)116-92-82(99)86(108-59-72-47-29-14-30-48-72)83(105-56-69-41-23-11-24-42-69)76(113-92)62-102-53-66-35-17-8-18-36-66/h8-52,75-94,96-99H,5-7,53-65H2,1-4H3/q+2/t75-,76-,77-,78-,79-,80+,81+,82+,83-,84-,85-,86-,87+,88+,89+,90+,91+,92+,93+,94?,120?/m1/s1. The van der Waals surface area contributed by atoms with Crippen LogP contribution in [0.1, 0.15) is 70.8 Å². The molecule has 4 fully saturated rings. The summed E-state index contributed by atoms with van der Waals surface area (Å²) in [6.07, 6.45) is -29.2. The number of nitrogens with zero attached hydrogens (tertiary/aromatic N) is 1. The topological polar surface area (TPSA) is 276 Å². The van der Waals surface area contributed by atoms with Gasteiger partial charge in [-0.15, -0.1) is 13.7 Å². The van der Waals surface area contributed by atoms with Gasteiger partial charge in [0.25, 0.3) is 0 Å². The van der Waals surface area contributed by atoms with Gasteiger partial charge in [-0.25, -0.2) is 0 Å². The minimum absolute atomic E-state index is 0.00648. The van der Waals surface area contributed by atoms with Crippen LogP contribution < -0.4 is 0 Å². The molecule has 0 spiro atoms. The Hall–Kier alpha value is -7.59. The van der Waals surface area contributed by atoms with Crippen molar-refractivity contribution in [2.75, 3.05) is 53.2 Å². The molecular weight excluding hydrogens is 1560 g/mol. The van der Waals surface area contributed by atoms with Crippen LogP contribution in [-0.4, -0.2) is 201 Å². The molecular formula is C94H113NO24P+2. The molecule has 13 rings (SSSR count). The van der Waals surface area contributed by atoms with Gasteiger partial charge in [0.15, 0.2) is 18.9 Å². The van der Waals surface area contributed by atoms with E-state index in [2.05, 4.69) is 0 Å². The van der Waals surface area contributed by atoms with Crippen molar-refractivity contribution in [2.45, 2.75) is 203 Å². The highest BCUT2D eigenvalue weighted by atomic mass is 31.2. The summed E-state index contributed by atoms with van der Waals surface area (Å²) in [7, 11) is -4.02.